The predicted molar refractivity (Wildman–Crippen MR) is 83.0 cm³/mol. The molecule has 1 heterocycles. The van der Waals surface area contributed by atoms with Gasteiger partial charge in [-0.2, -0.15) is 0 Å². The zero-order valence-electron chi connectivity index (χ0n) is 13.1. The molecule has 1 aromatic carbocycles. The van der Waals surface area contributed by atoms with Crippen LogP contribution in [-0.4, -0.2) is 48.4 Å². The van der Waals surface area contributed by atoms with Gasteiger partial charge in [-0.05, 0) is 51.4 Å². The maximum absolute atomic E-state index is 12.5. The van der Waals surface area contributed by atoms with E-state index in [9.17, 15) is 4.79 Å². The fourth-order valence-corrected chi connectivity index (χ4v) is 2.67. The molecule has 0 aliphatic carbocycles. The van der Waals surface area contributed by atoms with E-state index in [1.54, 1.807) is 0 Å². The van der Waals surface area contributed by atoms with Gasteiger partial charge in [0.1, 0.15) is 0 Å². The van der Waals surface area contributed by atoms with Crippen molar-refractivity contribution < 1.29 is 4.79 Å². The second kappa shape index (κ2) is 6.40. The number of carbonyl (C=O) groups excluding carboxylic acids is 1. The van der Waals surface area contributed by atoms with Crippen LogP contribution < -0.4 is 0 Å². The van der Waals surface area contributed by atoms with E-state index in [4.69, 9.17) is 0 Å². The highest BCUT2D eigenvalue weighted by Crippen LogP contribution is 2.17. The van der Waals surface area contributed by atoms with Gasteiger partial charge in [-0.25, -0.2) is 0 Å². The third-order valence-corrected chi connectivity index (χ3v) is 4.51. The normalized spacial score (nSPS) is 18.2. The molecule has 1 amide bonds. The first-order valence-electron chi connectivity index (χ1n) is 7.55. The smallest absolute Gasteiger partial charge is 0.253 e. The van der Waals surface area contributed by atoms with Gasteiger partial charge in [-0.3, -0.25) is 4.79 Å². The average molecular weight is 274 g/mol. The summed E-state index contributed by atoms with van der Waals surface area (Å²) in [6, 6.07) is 8.09. The number of amides is 1. The lowest BCUT2D eigenvalue weighted by molar-refractivity contribution is 0.0641. The highest BCUT2D eigenvalue weighted by atomic mass is 16.2. The molecule has 0 spiro atoms. The highest BCUT2D eigenvalue weighted by molar-refractivity contribution is 5.94. The van der Waals surface area contributed by atoms with Crippen LogP contribution >= 0.6 is 0 Å². The van der Waals surface area contributed by atoms with Crippen molar-refractivity contribution in [2.75, 3.05) is 26.7 Å². The number of carbonyl (C=O) groups is 1. The SMILES string of the molecule is Cc1cccc(C(=O)N(C)C(C)C(C)CN2CCC2)c1. The van der Waals surface area contributed by atoms with E-state index < -0.39 is 0 Å². The molecule has 1 aliphatic heterocycles. The van der Waals surface area contributed by atoms with Crippen molar-refractivity contribution in [2.24, 2.45) is 5.92 Å². The average Bonchev–Trinajstić information content (AvgIpc) is 2.40. The minimum atomic E-state index is 0.122. The summed E-state index contributed by atoms with van der Waals surface area (Å²) >= 11 is 0. The van der Waals surface area contributed by atoms with Gasteiger partial charge in [0, 0.05) is 25.2 Å². The molecule has 1 fully saturated rings. The number of likely N-dealkylation sites (tertiary alicyclic amines) is 1. The summed E-state index contributed by atoms with van der Waals surface area (Å²) in [5.41, 5.74) is 1.92. The van der Waals surface area contributed by atoms with Crippen LogP contribution in [-0.2, 0) is 0 Å². The Morgan fingerprint density at radius 2 is 2.05 bits per heavy atom. The quantitative estimate of drug-likeness (QED) is 0.824. The van der Waals surface area contributed by atoms with Crippen molar-refractivity contribution in [1.82, 2.24) is 9.80 Å². The molecule has 20 heavy (non-hydrogen) atoms. The third kappa shape index (κ3) is 3.40. The number of aryl methyl sites for hydroxylation is 1. The lowest BCUT2D eigenvalue weighted by atomic mass is 9.99. The van der Waals surface area contributed by atoms with Crippen LogP contribution in [0.25, 0.3) is 0 Å². The molecular weight excluding hydrogens is 248 g/mol. The Labute approximate surface area is 122 Å². The summed E-state index contributed by atoms with van der Waals surface area (Å²) in [5, 5.41) is 0. The number of hydrogen-bond acceptors (Lipinski definition) is 2. The molecule has 1 saturated heterocycles. The summed E-state index contributed by atoms with van der Waals surface area (Å²) in [7, 11) is 1.92. The predicted octanol–water partition coefficient (Wildman–Crippen LogP) is 2.80. The van der Waals surface area contributed by atoms with Crippen molar-refractivity contribution in [3.05, 3.63) is 35.4 Å². The Balaban J connectivity index is 1.97. The summed E-state index contributed by atoms with van der Waals surface area (Å²) < 4.78 is 0. The van der Waals surface area contributed by atoms with Gasteiger partial charge in [0.2, 0.25) is 0 Å². The molecule has 0 bridgehead atoms. The third-order valence-electron chi connectivity index (χ3n) is 4.51. The van der Waals surface area contributed by atoms with Gasteiger partial charge in [0.15, 0.2) is 0 Å². The first-order chi connectivity index (χ1) is 9.49. The summed E-state index contributed by atoms with van der Waals surface area (Å²) in [6.07, 6.45) is 1.32. The molecule has 1 aliphatic rings. The Morgan fingerprint density at radius 3 is 2.60 bits per heavy atom. The van der Waals surface area contributed by atoms with Crippen LogP contribution in [0.5, 0.6) is 0 Å². The molecule has 2 atom stereocenters. The largest absolute Gasteiger partial charge is 0.339 e. The van der Waals surface area contributed by atoms with Crippen LogP contribution in [0.3, 0.4) is 0 Å². The monoisotopic (exact) mass is 274 g/mol. The van der Waals surface area contributed by atoms with E-state index in [1.165, 1.54) is 19.5 Å². The van der Waals surface area contributed by atoms with Crippen molar-refractivity contribution in [1.29, 1.82) is 0 Å². The van der Waals surface area contributed by atoms with Crippen molar-refractivity contribution in [3.8, 4) is 0 Å². The first kappa shape index (κ1) is 15.0. The molecule has 0 N–H and O–H groups in total. The van der Waals surface area contributed by atoms with Crippen molar-refractivity contribution >= 4 is 5.91 Å². The number of rotatable bonds is 5. The summed E-state index contributed by atoms with van der Waals surface area (Å²) in [5.74, 6) is 0.616. The van der Waals surface area contributed by atoms with E-state index in [0.717, 1.165) is 17.7 Å². The van der Waals surface area contributed by atoms with E-state index >= 15 is 0 Å². The minimum absolute atomic E-state index is 0.122. The minimum Gasteiger partial charge on any atom is -0.339 e. The van der Waals surface area contributed by atoms with Crippen molar-refractivity contribution in [2.45, 2.75) is 33.2 Å². The molecule has 1 aromatic rings. The second-order valence-electron chi connectivity index (χ2n) is 6.16. The van der Waals surface area contributed by atoms with Gasteiger partial charge < -0.3 is 9.80 Å². The molecule has 3 nitrogen and oxygen atoms in total. The van der Waals surface area contributed by atoms with Gasteiger partial charge in [0.25, 0.3) is 5.91 Å². The van der Waals surface area contributed by atoms with Gasteiger partial charge >= 0.3 is 0 Å². The second-order valence-corrected chi connectivity index (χ2v) is 6.16. The molecule has 0 radical (unpaired) electrons. The molecular formula is C17H26N2O. The lowest BCUT2D eigenvalue weighted by Gasteiger charge is -2.37. The molecule has 3 heteroatoms. The topological polar surface area (TPSA) is 23.6 Å². The summed E-state index contributed by atoms with van der Waals surface area (Å²) in [4.78, 5) is 16.9. The standard InChI is InChI=1S/C17H26N2O/c1-13-7-5-8-16(11-13)17(20)18(4)15(3)14(2)12-19-9-6-10-19/h5,7-8,11,14-15H,6,9-10,12H2,1-4H3. The van der Waals surface area contributed by atoms with Crippen LogP contribution in [0.2, 0.25) is 0 Å². The first-order valence-corrected chi connectivity index (χ1v) is 7.55. The zero-order valence-corrected chi connectivity index (χ0v) is 13.1. The number of nitrogens with zero attached hydrogens (tertiary/aromatic N) is 2. The fourth-order valence-electron chi connectivity index (χ4n) is 2.67. The molecule has 0 saturated carbocycles. The maximum atomic E-state index is 12.5. The van der Waals surface area contributed by atoms with Crippen LogP contribution in [0.1, 0.15) is 36.2 Å². The van der Waals surface area contributed by atoms with Crippen molar-refractivity contribution in [3.63, 3.8) is 0 Å². The zero-order chi connectivity index (χ0) is 14.7. The molecule has 2 unspecified atom stereocenters. The lowest BCUT2D eigenvalue weighted by Crippen LogP contribution is -2.46. The van der Waals surface area contributed by atoms with Crippen LogP contribution in [0.15, 0.2) is 24.3 Å². The maximum Gasteiger partial charge on any atom is 0.253 e. The Morgan fingerprint density at radius 1 is 1.35 bits per heavy atom. The van der Waals surface area contributed by atoms with Gasteiger partial charge in [-0.15, -0.1) is 0 Å². The molecule has 110 valence electrons. The van der Waals surface area contributed by atoms with Crippen LogP contribution in [0, 0.1) is 12.8 Å². The fraction of sp³-hybridized carbons (Fsp3) is 0.588. The van der Waals surface area contributed by atoms with Gasteiger partial charge in [0.05, 0.1) is 0 Å². The summed E-state index contributed by atoms with van der Waals surface area (Å²) in [6.45, 7) is 9.93. The Bertz CT molecular complexity index is 468. The van der Waals surface area contributed by atoms with E-state index in [2.05, 4.69) is 18.7 Å². The number of hydrogen-bond donors (Lipinski definition) is 0. The van der Waals surface area contributed by atoms with Crippen LogP contribution in [0.4, 0.5) is 0 Å². The van der Waals surface area contributed by atoms with Gasteiger partial charge in [-0.1, -0.05) is 24.6 Å². The highest BCUT2D eigenvalue weighted by Gasteiger charge is 2.25. The van der Waals surface area contributed by atoms with E-state index in [1.807, 2.05) is 43.1 Å². The Hall–Kier alpha value is -1.35. The van der Waals surface area contributed by atoms with E-state index in [-0.39, 0.29) is 11.9 Å². The molecule has 0 aromatic heterocycles. The van der Waals surface area contributed by atoms with E-state index in [0.29, 0.717) is 5.92 Å². The Kier molecular flexibility index (Phi) is 4.81. The molecule has 2 rings (SSSR count). The number of benzene rings is 1.